The van der Waals surface area contributed by atoms with Gasteiger partial charge >= 0.3 is 6.18 Å². The number of aliphatic hydroxyl groups excluding tert-OH is 1. The van der Waals surface area contributed by atoms with Gasteiger partial charge in [0.2, 0.25) is 0 Å². The van der Waals surface area contributed by atoms with Crippen LogP contribution in [0.4, 0.5) is 18.9 Å². The monoisotopic (exact) mass is 561 g/mol. The summed E-state index contributed by atoms with van der Waals surface area (Å²) < 4.78 is 73.9. The first kappa shape index (κ1) is 26.9. The lowest BCUT2D eigenvalue weighted by Crippen LogP contribution is -2.61. The summed E-state index contributed by atoms with van der Waals surface area (Å²) in [5, 5.41) is 22.3. The molecule has 0 saturated carbocycles. The van der Waals surface area contributed by atoms with E-state index in [-0.39, 0.29) is 41.0 Å². The summed E-state index contributed by atoms with van der Waals surface area (Å²) in [5.74, 6) is 0. The highest BCUT2D eigenvalue weighted by molar-refractivity contribution is 7.91. The van der Waals surface area contributed by atoms with E-state index in [9.17, 15) is 31.8 Å². The van der Waals surface area contributed by atoms with E-state index in [4.69, 9.17) is 4.74 Å². The molecule has 3 saturated heterocycles. The van der Waals surface area contributed by atoms with E-state index in [1.807, 2.05) is 4.90 Å². The molecule has 1 aromatic carbocycles. The van der Waals surface area contributed by atoms with Gasteiger partial charge in [0.25, 0.3) is 10.0 Å². The number of sulfonamides is 1. The SMILES string of the molecule is C[C@@](O)(c1ccc(N2CCN(S(=O)(=O)c3cccs3)C[C@@H]2CN2[C@H]3COC[C@@H]2[C@H](O)C3)cc1)C(F)(F)F. The molecule has 13 heteroatoms. The van der Waals surface area contributed by atoms with Crippen molar-refractivity contribution in [3.05, 3.63) is 47.3 Å². The Morgan fingerprint density at radius 1 is 1.14 bits per heavy atom. The van der Waals surface area contributed by atoms with Crippen LogP contribution in [0.25, 0.3) is 0 Å². The van der Waals surface area contributed by atoms with Crippen molar-refractivity contribution in [1.29, 1.82) is 0 Å². The van der Waals surface area contributed by atoms with E-state index in [2.05, 4.69) is 4.90 Å². The fourth-order valence-corrected chi connectivity index (χ4v) is 8.12. The molecule has 4 heterocycles. The molecule has 0 aliphatic carbocycles. The number of rotatable bonds is 6. The van der Waals surface area contributed by atoms with Crippen LogP contribution in [-0.4, -0.2) is 97.6 Å². The average molecular weight is 562 g/mol. The number of anilines is 1. The predicted molar refractivity (Wildman–Crippen MR) is 132 cm³/mol. The number of piperazine rings is 1. The van der Waals surface area contributed by atoms with E-state index < -0.39 is 27.9 Å². The zero-order chi connectivity index (χ0) is 26.6. The Morgan fingerprint density at radius 2 is 1.86 bits per heavy atom. The molecule has 204 valence electrons. The first-order valence-electron chi connectivity index (χ1n) is 12.1. The van der Waals surface area contributed by atoms with Gasteiger partial charge in [-0.05, 0) is 42.5 Å². The lowest BCUT2D eigenvalue weighted by Gasteiger charge is -2.46. The summed E-state index contributed by atoms with van der Waals surface area (Å²) in [4.78, 5) is 4.18. The number of benzene rings is 1. The molecule has 1 aromatic heterocycles. The minimum absolute atomic E-state index is 0.0177. The van der Waals surface area contributed by atoms with Crippen molar-refractivity contribution in [3.8, 4) is 0 Å². The van der Waals surface area contributed by atoms with E-state index in [1.165, 1.54) is 28.6 Å². The highest BCUT2D eigenvalue weighted by Crippen LogP contribution is 2.39. The Balaban J connectivity index is 1.43. The van der Waals surface area contributed by atoms with Gasteiger partial charge in [-0.25, -0.2) is 8.42 Å². The topological polar surface area (TPSA) is 93.6 Å². The third-order valence-electron chi connectivity index (χ3n) is 7.72. The molecule has 3 fully saturated rings. The van der Waals surface area contributed by atoms with Crippen molar-refractivity contribution >= 4 is 27.0 Å². The second-order valence-corrected chi connectivity index (χ2v) is 13.1. The number of ether oxygens (including phenoxy) is 1. The molecule has 0 radical (unpaired) electrons. The lowest BCUT2D eigenvalue weighted by molar-refractivity contribution is -0.258. The molecule has 5 rings (SSSR count). The van der Waals surface area contributed by atoms with Gasteiger partial charge in [-0.15, -0.1) is 11.3 Å². The van der Waals surface area contributed by atoms with Gasteiger partial charge in [0.15, 0.2) is 5.60 Å². The first-order chi connectivity index (χ1) is 17.4. The van der Waals surface area contributed by atoms with Crippen LogP contribution in [0.5, 0.6) is 0 Å². The van der Waals surface area contributed by atoms with Gasteiger partial charge < -0.3 is 19.8 Å². The second-order valence-electron chi connectivity index (χ2n) is 10.0. The van der Waals surface area contributed by atoms with Crippen LogP contribution < -0.4 is 4.90 Å². The van der Waals surface area contributed by atoms with E-state index in [1.54, 1.807) is 17.5 Å². The summed E-state index contributed by atoms with van der Waals surface area (Å²) in [7, 11) is -3.69. The predicted octanol–water partition coefficient (Wildman–Crippen LogP) is 2.23. The van der Waals surface area contributed by atoms with Gasteiger partial charge in [0.1, 0.15) is 4.21 Å². The Hall–Kier alpha value is -1.74. The average Bonchev–Trinajstić information content (AvgIpc) is 3.44. The molecule has 3 aliphatic heterocycles. The Kier molecular flexibility index (Phi) is 7.10. The number of aliphatic hydroxyl groups is 2. The van der Waals surface area contributed by atoms with E-state index >= 15 is 0 Å². The zero-order valence-electron chi connectivity index (χ0n) is 20.2. The van der Waals surface area contributed by atoms with Crippen molar-refractivity contribution in [2.75, 3.05) is 44.3 Å². The molecule has 0 unspecified atom stereocenters. The van der Waals surface area contributed by atoms with E-state index in [0.29, 0.717) is 38.4 Å². The molecule has 5 atom stereocenters. The number of halogens is 3. The summed E-state index contributed by atoms with van der Waals surface area (Å²) >= 11 is 1.16. The smallest absolute Gasteiger partial charge is 0.391 e. The Bertz CT molecular complexity index is 1190. The van der Waals surface area contributed by atoms with Gasteiger partial charge in [0, 0.05) is 37.9 Å². The van der Waals surface area contributed by atoms with Gasteiger partial charge in [-0.3, -0.25) is 4.90 Å². The second kappa shape index (κ2) is 9.78. The molecule has 3 aliphatic rings. The van der Waals surface area contributed by atoms with Crippen LogP contribution in [-0.2, 0) is 20.4 Å². The first-order valence-corrected chi connectivity index (χ1v) is 14.4. The maximum absolute atomic E-state index is 13.3. The van der Waals surface area contributed by atoms with Gasteiger partial charge in [-0.2, -0.15) is 17.5 Å². The third-order valence-corrected chi connectivity index (χ3v) is 11.0. The number of alkyl halides is 3. The number of thiophene rings is 1. The fourth-order valence-electron chi connectivity index (χ4n) is 5.51. The van der Waals surface area contributed by atoms with Crippen molar-refractivity contribution in [2.24, 2.45) is 0 Å². The van der Waals surface area contributed by atoms with Crippen molar-refractivity contribution in [1.82, 2.24) is 9.21 Å². The molecule has 0 amide bonds. The highest BCUT2D eigenvalue weighted by Gasteiger charge is 2.51. The quantitative estimate of drug-likeness (QED) is 0.559. The minimum atomic E-state index is -4.82. The van der Waals surface area contributed by atoms with Crippen molar-refractivity contribution in [2.45, 2.75) is 53.6 Å². The number of morpholine rings is 1. The number of fused-ring (bicyclic) bond motifs is 2. The van der Waals surface area contributed by atoms with Crippen LogP contribution in [0.2, 0.25) is 0 Å². The summed E-state index contributed by atoms with van der Waals surface area (Å²) in [6, 6.07) is 8.38. The molecule has 0 spiro atoms. The molecule has 37 heavy (non-hydrogen) atoms. The maximum Gasteiger partial charge on any atom is 0.421 e. The molecular formula is C24H30F3N3O5S2. The van der Waals surface area contributed by atoms with Crippen LogP contribution in [0.1, 0.15) is 18.9 Å². The molecule has 2 aromatic rings. The van der Waals surface area contributed by atoms with Crippen LogP contribution >= 0.6 is 11.3 Å². The normalized spacial score (nSPS) is 29.4. The van der Waals surface area contributed by atoms with Gasteiger partial charge in [-0.1, -0.05) is 18.2 Å². The summed E-state index contributed by atoms with van der Waals surface area (Å²) in [6.07, 6.45) is -4.77. The van der Waals surface area contributed by atoms with Crippen LogP contribution in [0, 0.1) is 0 Å². The molecule has 2 N–H and O–H groups in total. The number of hydrogen-bond acceptors (Lipinski definition) is 8. The fraction of sp³-hybridized carbons (Fsp3) is 0.583. The van der Waals surface area contributed by atoms with Crippen LogP contribution in [0.15, 0.2) is 46.0 Å². The van der Waals surface area contributed by atoms with Gasteiger partial charge in [0.05, 0.1) is 31.4 Å². The third kappa shape index (κ3) is 4.90. The summed E-state index contributed by atoms with van der Waals surface area (Å²) in [5.41, 5.74) is -2.61. The van der Waals surface area contributed by atoms with Crippen LogP contribution in [0.3, 0.4) is 0 Å². The number of nitrogens with zero attached hydrogens (tertiary/aromatic N) is 3. The van der Waals surface area contributed by atoms with Crippen molar-refractivity contribution < 1.29 is 36.5 Å². The van der Waals surface area contributed by atoms with Crippen molar-refractivity contribution in [3.63, 3.8) is 0 Å². The molecule has 2 bridgehead atoms. The standard InChI is InChI=1S/C24H30F3N3O5S2/c1-23(32,24(25,26)27)16-4-6-17(7-5-16)29-9-8-28(37(33,34)22-3-2-10-36-22)12-19(29)13-30-18-11-21(31)20(30)15-35-14-18/h2-7,10,18-21,31-32H,8-9,11-15H2,1H3/t18-,19-,20-,21-,23-/m1/s1. The Labute approximate surface area is 217 Å². The maximum atomic E-state index is 13.3. The number of hydrogen-bond donors (Lipinski definition) is 2. The van der Waals surface area contributed by atoms with E-state index in [0.717, 1.165) is 18.3 Å². The molecular weight excluding hydrogens is 531 g/mol. The molecule has 8 nitrogen and oxygen atoms in total. The minimum Gasteiger partial charge on any atom is -0.391 e. The Morgan fingerprint density at radius 3 is 2.49 bits per heavy atom. The largest absolute Gasteiger partial charge is 0.421 e. The lowest BCUT2D eigenvalue weighted by atomic mass is 9.95. The zero-order valence-corrected chi connectivity index (χ0v) is 21.8. The summed E-state index contributed by atoms with van der Waals surface area (Å²) in [6.45, 7) is 2.81. The highest BCUT2D eigenvalue weighted by atomic mass is 32.2.